The predicted molar refractivity (Wildman–Crippen MR) is 82.0 cm³/mol. The minimum Gasteiger partial charge on any atom is -0.297 e. The normalized spacial score (nSPS) is 10.4. The first kappa shape index (κ1) is 13.9. The smallest absolute Gasteiger partial charge is 0.160 e. The Bertz CT molecular complexity index is 481. The molecule has 0 aliphatic rings. The van der Waals surface area contributed by atoms with E-state index >= 15 is 0 Å². The molecule has 0 aliphatic heterocycles. The third kappa shape index (κ3) is 3.47. The summed E-state index contributed by atoms with van der Waals surface area (Å²) in [6.07, 6.45) is 1.82. The Labute approximate surface area is 121 Å². The van der Waals surface area contributed by atoms with E-state index in [9.17, 15) is 9.59 Å². The fraction of sp³-hybridized carbons (Fsp3) is 0.167. The van der Waals surface area contributed by atoms with Crippen molar-refractivity contribution in [3.63, 3.8) is 0 Å². The van der Waals surface area contributed by atoms with E-state index in [4.69, 9.17) is 0 Å². The molecule has 0 saturated carbocycles. The first-order chi connectivity index (χ1) is 8.85. The molecule has 0 unspecified atom stereocenters. The average Bonchev–Trinajstić information content (AvgIpc) is 3.02. The third-order valence-corrected chi connectivity index (χ3v) is 6.29. The summed E-state index contributed by atoms with van der Waals surface area (Å²) < 4.78 is 0. The van der Waals surface area contributed by atoms with Gasteiger partial charge in [0.25, 0.3) is 0 Å². The van der Waals surface area contributed by atoms with Crippen LogP contribution in [0.15, 0.2) is 22.9 Å². The van der Waals surface area contributed by atoms with Gasteiger partial charge in [-0.05, 0) is 34.0 Å². The highest BCUT2D eigenvalue weighted by molar-refractivity contribution is 8.76. The van der Waals surface area contributed by atoms with Gasteiger partial charge in [0.2, 0.25) is 0 Å². The molecule has 0 aliphatic carbocycles. The zero-order chi connectivity index (χ0) is 12.8. The monoisotopic (exact) mass is 314 g/mol. The van der Waals surface area contributed by atoms with Gasteiger partial charge in [0.05, 0.1) is 9.75 Å². The minimum absolute atomic E-state index is 0.812. The topological polar surface area (TPSA) is 34.1 Å². The summed E-state index contributed by atoms with van der Waals surface area (Å²) in [7, 11) is 3.42. The number of thiophene rings is 2. The van der Waals surface area contributed by atoms with E-state index in [2.05, 4.69) is 0 Å². The standard InChI is InChI=1S/C12H10O2S4/c13-5-11-9(1-3-15-11)7-17-18-8-10-2-4-16-12(10)6-14/h1-6H,7-8H2. The van der Waals surface area contributed by atoms with Gasteiger partial charge in [0.1, 0.15) is 0 Å². The molecule has 2 rings (SSSR count). The lowest BCUT2D eigenvalue weighted by Gasteiger charge is -2.00. The molecule has 2 aromatic heterocycles. The quantitative estimate of drug-likeness (QED) is 0.427. The van der Waals surface area contributed by atoms with Crippen LogP contribution in [0.1, 0.15) is 30.5 Å². The van der Waals surface area contributed by atoms with Crippen molar-refractivity contribution < 1.29 is 9.59 Å². The van der Waals surface area contributed by atoms with Crippen molar-refractivity contribution in [3.05, 3.63) is 43.8 Å². The van der Waals surface area contributed by atoms with Crippen molar-refractivity contribution in [2.75, 3.05) is 0 Å². The molecular weight excluding hydrogens is 304 g/mol. The lowest BCUT2D eigenvalue weighted by molar-refractivity contribution is 0.111. The number of hydrogen-bond donors (Lipinski definition) is 0. The van der Waals surface area contributed by atoms with Crippen molar-refractivity contribution in [2.24, 2.45) is 0 Å². The summed E-state index contributed by atoms with van der Waals surface area (Å²) in [5, 5.41) is 3.88. The molecule has 0 amide bonds. The van der Waals surface area contributed by atoms with Crippen molar-refractivity contribution in [2.45, 2.75) is 11.5 Å². The maximum Gasteiger partial charge on any atom is 0.160 e. The summed E-state index contributed by atoms with van der Waals surface area (Å²) in [6.45, 7) is 0. The fourth-order valence-electron chi connectivity index (χ4n) is 1.35. The molecule has 2 aromatic rings. The second-order valence-electron chi connectivity index (χ2n) is 3.38. The van der Waals surface area contributed by atoms with Crippen LogP contribution in [0.2, 0.25) is 0 Å². The van der Waals surface area contributed by atoms with Crippen molar-refractivity contribution in [1.82, 2.24) is 0 Å². The van der Waals surface area contributed by atoms with Gasteiger partial charge >= 0.3 is 0 Å². The highest BCUT2D eigenvalue weighted by Gasteiger charge is 2.05. The summed E-state index contributed by atoms with van der Waals surface area (Å²) in [5.74, 6) is 1.64. The first-order valence-electron chi connectivity index (χ1n) is 5.12. The summed E-state index contributed by atoms with van der Waals surface area (Å²) in [6, 6.07) is 3.98. The van der Waals surface area contributed by atoms with Gasteiger partial charge in [0.15, 0.2) is 12.6 Å². The molecule has 0 bridgehead atoms. The maximum atomic E-state index is 10.7. The Kier molecular flexibility index (Phi) is 5.49. The van der Waals surface area contributed by atoms with E-state index < -0.39 is 0 Å². The second-order valence-corrected chi connectivity index (χ2v) is 7.74. The number of carbonyl (C=O) groups excluding carboxylic acids is 2. The zero-order valence-electron chi connectivity index (χ0n) is 9.33. The molecule has 0 saturated heterocycles. The molecule has 2 nitrogen and oxygen atoms in total. The highest BCUT2D eigenvalue weighted by atomic mass is 33.1. The Morgan fingerprint density at radius 1 is 0.889 bits per heavy atom. The Hall–Kier alpha value is -0.560. The number of aldehydes is 2. The summed E-state index contributed by atoms with van der Waals surface area (Å²) >= 11 is 2.95. The summed E-state index contributed by atoms with van der Waals surface area (Å²) in [4.78, 5) is 23.1. The van der Waals surface area contributed by atoms with Gasteiger partial charge < -0.3 is 0 Å². The van der Waals surface area contributed by atoms with E-state index in [0.717, 1.165) is 45.0 Å². The number of carbonyl (C=O) groups is 2. The van der Waals surface area contributed by atoms with Crippen molar-refractivity contribution >= 4 is 56.8 Å². The molecule has 6 heteroatoms. The Morgan fingerprint density at radius 3 is 1.72 bits per heavy atom. The summed E-state index contributed by atoms with van der Waals surface area (Å²) in [5.41, 5.74) is 2.18. The fourth-order valence-corrected chi connectivity index (χ4v) is 5.17. The van der Waals surface area contributed by atoms with Gasteiger partial charge in [-0.3, -0.25) is 9.59 Å². The van der Waals surface area contributed by atoms with Gasteiger partial charge in [-0.15, -0.1) is 22.7 Å². The lowest BCUT2D eigenvalue weighted by atomic mass is 10.3. The predicted octanol–water partition coefficient (Wildman–Crippen LogP) is 4.52. The van der Waals surface area contributed by atoms with Crippen LogP contribution >= 0.6 is 44.3 Å². The molecule has 0 atom stereocenters. The number of rotatable bonds is 7. The third-order valence-electron chi connectivity index (χ3n) is 2.29. The lowest BCUT2D eigenvalue weighted by Crippen LogP contribution is -1.83. The average molecular weight is 314 g/mol. The van der Waals surface area contributed by atoms with Crippen LogP contribution < -0.4 is 0 Å². The molecule has 0 radical (unpaired) electrons. The van der Waals surface area contributed by atoms with Crippen molar-refractivity contribution in [3.8, 4) is 0 Å². The van der Waals surface area contributed by atoms with Crippen molar-refractivity contribution in [1.29, 1.82) is 0 Å². The molecule has 2 heterocycles. The molecule has 0 spiro atoms. The molecule has 18 heavy (non-hydrogen) atoms. The van der Waals surface area contributed by atoms with Crippen LogP contribution in [0.25, 0.3) is 0 Å². The molecule has 0 aromatic carbocycles. The van der Waals surface area contributed by atoms with E-state index in [-0.39, 0.29) is 0 Å². The van der Waals surface area contributed by atoms with Gasteiger partial charge in [0, 0.05) is 11.5 Å². The molecule has 0 fully saturated rings. The minimum atomic E-state index is 0.812. The molecule has 94 valence electrons. The molecule has 0 N–H and O–H groups in total. The van der Waals surface area contributed by atoms with Crippen LogP contribution in [0.3, 0.4) is 0 Å². The van der Waals surface area contributed by atoms with E-state index in [1.54, 1.807) is 21.6 Å². The zero-order valence-corrected chi connectivity index (χ0v) is 12.6. The van der Waals surface area contributed by atoms with Crippen LogP contribution in [-0.2, 0) is 11.5 Å². The first-order valence-corrected chi connectivity index (χ1v) is 9.37. The molecular formula is C12H10O2S4. The van der Waals surface area contributed by atoms with Crippen LogP contribution in [-0.4, -0.2) is 12.6 Å². The maximum absolute atomic E-state index is 10.7. The van der Waals surface area contributed by atoms with Crippen LogP contribution in [0, 0.1) is 0 Å². The Balaban J connectivity index is 1.80. The van der Waals surface area contributed by atoms with E-state index in [1.807, 2.05) is 22.9 Å². The van der Waals surface area contributed by atoms with Gasteiger partial charge in [-0.2, -0.15) is 0 Å². The number of hydrogen-bond acceptors (Lipinski definition) is 6. The largest absolute Gasteiger partial charge is 0.297 e. The van der Waals surface area contributed by atoms with E-state index in [0.29, 0.717) is 0 Å². The van der Waals surface area contributed by atoms with Crippen LogP contribution in [0.5, 0.6) is 0 Å². The van der Waals surface area contributed by atoms with E-state index in [1.165, 1.54) is 22.7 Å². The Morgan fingerprint density at radius 2 is 1.33 bits per heavy atom. The van der Waals surface area contributed by atoms with Crippen LogP contribution in [0.4, 0.5) is 0 Å². The van der Waals surface area contributed by atoms with Gasteiger partial charge in [-0.1, -0.05) is 21.6 Å². The SMILES string of the molecule is O=Cc1sccc1CSSCc1ccsc1C=O. The highest BCUT2D eigenvalue weighted by Crippen LogP contribution is 2.32. The second kappa shape index (κ2) is 7.13. The van der Waals surface area contributed by atoms with Gasteiger partial charge in [-0.25, -0.2) is 0 Å².